The second-order valence-electron chi connectivity index (χ2n) is 4.41. The average molecular weight is 269 g/mol. The molecular weight excluding hydrogens is 246 g/mol. The smallest absolute Gasteiger partial charge is 0.240 e. The van der Waals surface area contributed by atoms with Gasteiger partial charge in [0.05, 0.1) is 0 Å². The third-order valence-corrected chi connectivity index (χ3v) is 2.77. The number of nitrogens with one attached hydrogen (secondary N) is 1. The Balaban J connectivity index is 0.000000555. The first-order valence-corrected chi connectivity index (χ1v) is 6.46. The average Bonchev–Trinajstić information content (AvgIpc) is 2.68. The molecule has 3 amide bonds. The maximum Gasteiger partial charge on any atom is 0.240 e. The summed E-state index contributed by atoms with van der Waals surface area (Å²) in [4.78, 5) is 31.5. The van der Waals surface area contributed by atoms with E-state index in [1.165, 1.54) is 0 Å². The minimum absolute atomic E-state index is 0.0691. The molecule has 5 N–H and O–H groups in total. The maximum atomic E-state index is 11.2. The Labute approximate surface area is 113 Å². The molecule has 0 bridgehead atoms. The van der Waals surface area contributed by atoms with Crippen molar-refractivity contribution in [2.45, 2.75) is 38.5 Å². The fourth-order valence-electron chi connectivity index (χ4n) is 1.73. The van der Waals surface area contributed by atoms with E-state index in [2.05, 4.69) is 17.6 Å². The quantitative estimate of drug-likeness (QED) is 0.348. The van der Waals surface area contributed by atoms with Gasteiger partial charge in [-0.25, -0.2) is 0 Å². The van der Waals surface area contributed by atoms with Gasteiger partial charge in [0.2, 0.25) is 17.7 Å². The Morgan fingerprint density at radius 1 is 1.32 bits per heavy atom. The molecule has 1 unspecified atom stereocenters. The van der Waals surface area contributed by atoms with Gasteiger partial charge in [-0.15, -0.1) is 0 Å². The molecule has 1 fully saturated rings. The number of primary amides is 1. The normalized spacial score (nSPS) is 17.4. The van der Waals surface area contributed by atoms with E-state index in [9.17, 15) is 14.4 Å². The standard InChI is InChI=1S/C10H18N2O2.C3H5NO/c11-6-4-2-1-3-5-8-7-9(13)12-10(8)14;1-2-3(4)5/h8H,1-7,11H2,(H,12,13,14);2H,1H2,(H2,4,5). The molecular formula is C13H23N3O3. The van der Waals surface area contributed by atoms with Gasteiger partial charge in [0.1, 0.15) is 0 Å². The fraction of sp³-hybridized carbons (Fsp3) is 0.615. The molecule has 6 heteroatoms. The molecule has 0 spiro atoms. The van der Waals surface area contributed by atoms with Gasteiger partial charge in [0.25, 0.3) is 0 Å². The molecule has 0 aliphatic carbocycles. The van der Waals surface area contributed by atoms with Crippen molar-refractivity contribution in [1.82, 2.24) is 5.32 Å². The van der Waals surface area contributed by atoms with Crippen LogP contribution in [0.2, 0.25) is 0 Å². The number of carbonyl (C=O) groups excluding carboxylic acids is 3. The summed E-state index contributed by atoms with van der Waals surface area (Å²) in [6.45, 7) is 3.82. The monoisotopic (exact) mass is 269 g/mol. The van der Waals surface area contributed by atoms with Gasteiger partial charge in [0.15, 0.2) is 0 Å². The fourth-order valence-corrected chi connectivity index (χ4v) is 1.73. The highest BCUT2D eigenvalue weighted by atomic mass is 16.2. The molecule has 1 aliphatic heterocycles. The zero-order valence-electron chi connectivity index (χ0n) is 11.2. The topological polar surface area (TPSA) is 115 Å². The number of hydrogen-bond acceptors (Lipinski definition) is 4. The highest BCUT2D eigenvalue weighted by Crippen LogP contribution is 2.18. The predicted octanol–water partition coefficient (Wildman–Crippen LogP) is 0.216. The van der Waals surface area contributed by atoms with Crippen LogP contribution >= 0.6 is 0 Å². The van der Waals surface area contributed by atoms with Crippen LogP contribution in [0.15, 0.2) is 12.7 Å². The van der Waals surface area contributed by atoms with Crippen molar-refractivity contribution in [3.05, 3.63) is 12.7 Å². The van der Waals surface area contributed by atoms with Crippen LogP contribution in [0, 0.1) is 5.92 Å². The Morgan fingerprint density at radius 2 is 1.89 bits per heavy atom. The van der Waals surface area contributed by atoms with E-state index >= 15 is 0 Å². The molecule has 0 saturated carbocycles. The molecule has 1 aliphatic rings. The van der Waals surface area contributed by atoms with E-state index in [1.807, 2.05) is 0 Å². The first-order valence-electron chi connectivity index (χ1n) is 6.46. The lowest BCUT2D eigenvalue weighted by Gasteiger charge is -2.04. The van der Waals surface area contributed by atoms with Gasteiger partial charge in [-0.2, -0.15) is 0 Å². The first kappa shape index (κ1) is 17.3. The summed E-state index contributed by atoms with van der Waals surface area (Å²) in [5.41, 5.74) is 9.90. The molecule has 1 atom stereocenters. The number of carbonyl (C=O) groups is 3. The summed E-state index contributed by atoms with van der Waals surface area (Å²) in [5, 5.41) is 2.32. The Bertz CT molecular complexity index is 329. The number of imide groups is 1. The van der Waals surface area contributed by atoms with E-state index in [-0.39, 0.29) is 17.7 Å². The van der Waals surface area contributed by atoms with Crippen molar-refractivity contribution >= 4 is 17.7 Å². The lowest BCUT2D eigenvalue weighted by Crippen LogP contribution is -2.21. The Kier molecular flexibility index (Phi) is 9.34. The van der Waals surface area contributed by atoms with Crippen LogP contribution < -0.4 is 16.8 Å². The van der Waals surface area contributed by atoms with Crippen LogP contribution in [0.3, 0.4) is 0 Å². The highest BCUT2D eigenvalue weighted by molar-refractivity contribution is 6.03. The zero-order valence-corrected chi connectivity index (χ0v) is 11.2. The Hall–Kier alpha value is -1.69. The second-order valence-corrected chi connectivity index (χ2v) is 4.41. The lowest BCUT2D eigenvalue weighted by atomic mass is 9.99. The van der Waals surface area contributed by atoms with Gasteiger partial charge in [-0.05, 0) is 25.5 Å². The lowest BCUT2D eigenvalue weighted by molar-refractivity contribution is -0.126. The van der Waals surface area contributed by atoms with Gasteiger partial charge >= 0.3 is 0 Å². The number of amides is 3. The van der Waals surface area contributed by atoms with Gasteiger partial charge < -0.3 is 11.5 Å². The van der Waals surface area contributed by atoms with Gasteiger partial charge in [-0.1, -0.05) is 25.8 Å². The van der Waals surface area contributed by atoms with Crippen LogP contribution in [-0.4, -0.2) is 24.3 Å². The van der Waals surface area contributed by atoms with E-state index in [4.69, 9.17) is 5.73 Å². The number of rotatable bonds is 7. The number of hydrogen-bond donors (Lipinski definition) is 3. The SMILES string of the molecule is C=CC(N)=O.NCCCCCCC1CC(=O)NC1=O. The third-order valence-electron chi connectivity index (χ3n) is 2.77. The third kappa shape index (κ3) is 8.96. The number of unbranched alkanes of at least 4 members (excludes halogenated alkanes) is 3. The van der Waals surface area contributed by atoms with E-state index in [0.29, 0.717) is 6.42 Å². The summed E-state index contributed by atoms with van der Waals surface area (Å²) in [6.07, 6.45) is 6.58. The summed E-state index contributed by atoms with van der Waals surface area (Å²) >= 11 is 0. The molecule has 1 heterocycles. The second kappa shape index (κ2) is 10.3. The van der Waals surface area contributed by atoms with Crippen LogP contribution in [0.5, 0.6) is 0 Å². The summed E-state index contributed by atoms with van der Waals surface area (Å²) < 4.78 is 0. The van der Waals surface area contributed by atoms with Crippen molar-refractivity contribution in [1.29, 1.82) is 0 Å². The minimum atomic E-state index is -0.481. The van der Waals surface area contributed by atoms with Crippen molar-refractivity contribution in [2.24, 2.45) is 17.4 Å². The molecule has 0 radical (unpaired) electrons. The maximum absolute atomic E-state index is 11.2. The minimum Gasteiger partial charge on any atom is -0.366 e. The Morgan fingerprint density at radius 3 is 2.32 bits per heavy atom. The van der Waals surface area contributed by atoms with Crippen LogP contribution in [0.4, 0.5) is 0 Å². The van der Waals surface area contributed by atoms with E-state index < -0.39 is 5.91 Å². The first-order chi connectivity index (χ1) is 9.01. The van der Waals surface area contributed by atoms with E-state index in [0.717, 1.165) is 44.7 Å². The number of nitrogens with two attached hydrogens (primary N) is 2. The molecule has 0 aromatic heterocycles. The molecule has 1 rings (SSSR count). The molecule has 19 heavy (non-hydrogen) atoms. The molecule has 108 valence electrons. The van der Waals surface area contributed by atoms with E-state index in [1.54, 1.807) is 0 Å². The largest absolute Gasteiger partial charge is 0.366 e. The van der Waals surface area contributed by atoms with Crippen LogP contribution in [0.25, 0.3) is 0 Å². The zero-order chi connectivity index (χ0) is 14.7. The van der Waals surface area contributed by atoms with Crippen LogP contribution in [0.1, 0.15) is 38.5 Å². The van der Waals surface area contributed by atoms with Gasteiger partial charge in [-0.3, -0.25) is 19.7 Å². The molecule has 1 saturated heterocycles. The van der Waals surface area contributed by atoms with Crippen LogP contribution in [-0.2, 0) is 14.4 Å². The molecule has 0 aromatic carbocycles. The van der Waals surface area contributed by atoms with Crippen molar-refractivity contribution in [2.75, 3.05) is 6.54 Å². The summed E-state index contributed by atoms with van der Waals surface area (Å²) in [7, 11) is 0. The molecule has 0 aromatic rings. The van der Waals surface area contributed by atoms with Crippen molar-refractivity contribution in [3.63, 3.8) is 0 Å². The van der Waals surface area contributed by atoms with Crippen molar-refractivity contribution in [3.8, 4) is 0 Å². The highest BCUT2D eigenvalue weighted by Gasteiger charge is 2.29. The van der Waals surface area contributed by atoms with Crippen molar-refractivity contribution < 1.29 is 14.4 Å². The predicted molar refractivity (Wildman–Crippen MR) is 72.8 cm³/mol. The van der Waals surface area contributed by atoms with Gasteiger partial charge in [0, 0.05) is 12.3 Å². The molecule has 6 nitrogen and oxygen atoms in total. The summed E-state index contributed by atoms with van der Waals surface area (Å²) in [5.74, 6) is -0.763. The summed E-state index contributed by atoms with van der Waals surface area (Å²) in [6, 6.07) is 0.